The Kier molecular flexibility index (Phi) is 12.3. The molecule has 0 aromatic heterocycles. The van der Waals surface area contributed by atoms with Crippen LogP contribution in [0, 0.1) is 11.3 Å². The van der Waals surface area contributed by atoms with Gasteiger partial charge in [0.2, 0.25) is 0 Å². The number of hydrogen-bond acceptors (Lipinski definition) is 5. The maximum atomic E-state index is 11.9. The van der Waals surface area contributed by atoms with Crippen molar-refractivity contribution in [3.8, 4) is 11.5 Å². The predicted octanol–water partition coefficient (Wildman–Crippen LogP) is 15.0. The van der Waals surface area contributed by atoms with E-state index in [0.717, 1.165) is 63.5 Å². The minimum atomic E-state index is -0.379. The molecule has 320 valence electrons. The van der Waals surface area contributed by atoms with Crippen molar-refractivity contribution >= 4 is 28.4 Å². The zero-order chi connectivity index (χ0) is 44.0. The standard InChI is InChI=1S/C55H73N3O2/c1-36(32-51(2,3)4)27-37-15-17-40(18-16-37)56-41-19-21-42(22-20-41)57-43-23-25-44(26-24-43)58-33-38-28-45(52(5,6)7)49(59)47(30-38)54(11,12)35-55(13,14)48-31-39(34-58)29-46(50(48)60)53(8,9)10/h15-26,28-31,36,56-57,59-60H,27,32-35H2,1-14H3. The minimum Gasteiger partial charge on any atom is -0.507 e. The molecule has 0 radical (unpaired) electrons. The lowest BCUT2D eigenvalue weighted by atomic mass is 9.66. The van der Waals surface area contributed by atoms with Crippen LogP contribution in [-0.4, -0.2) is 10.2 Å². The average molecular weight is 808 g/mol. The van der Waals surface area contributed by atoms with Crippen LogP contribution in [0.25, 0.3) is 0 Å². The molecule has 1 unspecified atom stereocenters. The van der Waals surface area contributed by atoms with Gasteiger partial charge in [0.15, 0.2) is 0 Å². The Bertz CT molecular complexity index is 2180. The Morgan fingerprint density at radius 3 is 1.30 bits per heavy atom. The highest BCUT2D eigenvalue weighted by atomic mass is 16.3. The van der Waals surface area contributed by atoms with E-state index in [4.69, 9.17) is 0 Å². The lowest BCUT2D eigenvalue weighted by Crippen LogP contribution is -2.32. The Morgan fingerprint density at radius 2 is 0.933 bits per heavy atom. The second kappa shape index (κ2) is 16.5. The molecule has 0 amide bonds. The summed E-state index contributed by atoms with van der Waals surface area (Å²) in [5.74, 6) is 1.42. The molecule has 1 aliphatic heterocycles. The molecular weight excluding hydrogens is 735 g/mol. The quantitative estimate of drug-likeness (QED) is 0.126. The lowest BCUT2D eigenvalue weighted by molar-refractivity contribution is 0.306. The van der Waals surface area contributed by atoms with Crippen LogP contribution >= 0.6 is 0 Å². The monoisotopic (exact) mass is 808 g/mol. The summed E-state index contributed by atoms with van der Waals surface area (Å²) in [6.07, 6.45) is 3.07. The first-order valence-electron chi connectivity index (χ1n) is 22.1. The summed E-state index contributed by atoms with van der Waals surface area (Å²) in [7, 11) is 0. The summed E-state index contributed by atoms with van der Waals surface area (Å²) in [4.78, 5) is 2.43. The molecule has 6 rings (SSSR count). The van der Waals surface area contributed by atoms with Crippen LogP contribution in [0.15, 0.2) is 97.1 Å². The number of fused-ring (bicyclic) bond motifs is 4. The van der Waals surface area contributed by atoms with Crippen molar-refractivity contribution in [3.05, 3.63) is 136 Å². The topological polar surface area (TPSA) is 67.8 Å². The number of phenols is 2. The van der Waals surface area contributed by atoms with Crippen LogP contribution in [0.5, 0.6) is 11.5 Å². The summed E-state index contributed by atoms with van der Waals surface area (Å²) in [5.41, 5.74) is 11.9. The lowest BCUT2D eigenvalue weighted by Gasteiger charge is -2.39. The highest BCUT2D eigenvalue weighted by molar-refractivity contribution is 5.67. The summed E-state index contributed by atoms with van der Waals surface area (Å²) in [6, 6.07) is 34.9. The van der Waals surface area contributed by atoms with Crippen molar-refractivity contribution in [2.45, 2.75) is 151 Å². The molecular formula is C55H73N3O2. The highest BCUT2D eigenvalue weighted by Gasteiger charge is 2.38. The Balaban J connectivity index is 1.27. The van der Waals surface area contributed by atoms with Crippen molar-refractivity contribution in [1.82, 2.24) is 0 Å². The number of nitrogens with one attached hydrogen (secondary N) is 2. The fourth-order valence-corrected chi connectivity index (χ4v) is 9.69. The van der Waals surface area contributed by atoms with Crippen LogP contribution < -0.4 is 15.5 Å². The van der Waals surface area contributed by atoms with Gasteiger partial charge in [0, 0.05) is 52.7 Å². The van der Waals surface area contributed by atoms with Crippen molar-refractivity contribution in [2.75, 3.05) is 15.5 Å². The first-order chi connectivity index (χ1) is 27.8. The van der Waals surface area contributed by atoms with Gasteiger partial charge in [0.1, 0.15) is 11.5 Å². The number of aromatic hydroxyl groups is 2. The van der Waals surface area contributed by atoms with Crippen LogP contribution in [0.1, 0.15) is 149 Å². The second-order valence-electron chi connectivity index (χ2n) is 22.5. The molecule has 5 heteroatoms. The number of anilines is 5. The van der Waals surface area contributed by atoms with E-state index in [1.54, 1.807) is 0 Å². The van der Waals surface area contributed by atoms with E-state index in [1.165, 1.54) is 23.1 Å². The molecule has 0 saturated heterocycles. The van der Waals surface area contributed by atoms with E-state index in [-0.39, 0.29) is 21.7 Å². The van der Waals surface area contributed by atoms with Crippen molar-refractivity contribution < 1.29 is 10.2 Å². The van der Waals surface area contributed by atoms with E-state index in [0.29, 0.717) is 35.9 Å². The molecule has 1 aliphatic rings. The number of nitrogens with zero attached hydrogens (tertiary/aromatic N) is 1. The van der Waals surface area contributed by atoms with Crippen LogP contribution in [0.3, 0.4) is 0 Å². The van der Waals surface area contributed by atoms with Gasteiger partial charge in [-0.15, -0.1) is 0 Å². The van der Waals surface area contributed by atoms with E-state index < -0.39 is 0 Å². The summed E-state index contributed by atoms with van der Waals surface area (Å²) >= 11 is 0. The van der Waals surface area contributed by atoms with E-state index in [9.17, 15) is 10.2 Å². The Hall–Kier alpha value is -4.90. The third-order valence-corrected chi connectivity index (χ3v) is 12.2. The predicted molar refractivity (Wildman–Crippen MR) is 257 cm³/mol. The summed E-state index contributed by atoms with van der Waals surface area (Å²) in [5, 5.41) is 31.1. The van der Waals surface area contributed by atoms with Gasteiger partial charge in [-0.2, -0.15) is 0 Å². The van der Waals surface area contributed by atoms with Crippen molar-refractivity contribution in [3.63, 3.8) is 0 Å². The van der Waals surface area contributed by atoms with Gasteiger partial charge in [-0.3, -0.25) is 0 Å². The fourth-order valence-electron chi connectivity index (χ4n) is 9.69. The zero-order valence-corrected chi connectivity index (χ0v) is 39.2. The molecule has 5 nitrogen and oxygen atoms in total. The average Bonchev–Trinajstić information content (AvgIpc) is 3.12. The summed E-state index contributed by atoms with van der Waals surface area (Å²) < 4.78 is 0. The molecule has 1 atom stereocenters. The summed E-state index contributed by atoms with van der Waals surface area (Å²) in [6.45, 7) is 32.6. The molecule has 0 aliphatic carbocycles. The zero-order valence-electron chi connectivity index (χ0n) is 39.2. The Morgan fingerprint density at radius 1 is 0.567 bits per heavy atom. The van der Waals surface area contributed by atoms with Gasteiger partial charge in [-0.1, -0.05) is 109 Å². The number of benzene rings is 5. The molecule has 4 bridgehead atoms. The third kappa shape index (κ3) is 10.7. The van der Waals surface area contributed by atoms with Gasteiger partial charge < -0.3 is 25.7 Å². The first kappa shape index (κ1) is 44.6. The van der Waals surface area contributed by atoms with Crippen LogP contribution in [-0.2, 0) is 41.2 Å². The molecule has 4 N–H and O–H groups in total. The highest BCUT2D eigenvalue weighted by Crippen LogP contribution is 2.49. The van der Waals surface area contributed by atoms with E-state index >= 15 is 0 Å². The first-order valence-corrected chi connectivity index (χ1v) is 22.1. The van der Waals surface area contributed by atoms with Gasteiger partial charge in [-0.25, -0.2) is 0 Å². The number of hydrogen-bond donors (Lipinski definition) is 4. The third-order valence-electron chi connectivity index (χ3n) is 12.2. The molecule has 60 heavy (non-hydrogen) atoms. The molecule has 0 fully saturated rings. The fraction of sp³-hybridized carbons (Fsp3) is 0.455. The molecule has 5 aromatic rings. The van der Waals surface area contributed by atoms with Crippen LogP contribution in [0.4, 0.5) is 28.4 Å². The van der Waals surface area contributed by atoms with E-state index in [2.05, 4.69) is 210 Å². The smallest absolute Gasteiger partial charge is 0.123 e. The molecule has 0 saturated carbocycles. The molecule has 1 heterocycles. The normalized spacial score (nSPS) is 16.1. The van der Waals surface area contributed by atoms with E-state index in [1.807, 2.05) is 0 Å². The SMILES string of the molecule is CC(Cc1ccc(Nc2ccc(Nc3ccc(N4Cc5cc(C(C)(C)C)c(O)c(c5)C(C)(C)CC(C)(C)c5cc(cc(C(C)(C)C)c5O)C4)cc3)cc2)cc1)CC(C)(C)C. The number of rotatable bonds is 8. The minimum absolute atomic E-state index is 0.246. The Labute approximate surface area is 362 Å². The maximum Gasteiger partial charge on any atom is 0.123 e. The second-order valence-corrected chi connectivity index (χ2v) is 22.5. The van der Waals surface area contributed by atoms with Crippen molar-refractivity contribution in [1.29, 1.82) is 0 Å². The van der Waals surface area contributed by atoms with Gasteiger partial charge in [0.25, 0.3) is 0 Å². The molecule has 0 spiro atoms. The van der Waals surface area contributed by atoms with Gasteiger partial charge in [0.05, 0.1) is 0 Å². The number of phenolic OH excluding ortho intramolecular Hbond substituents is 2. The van der Waals surface area contributed by atoms with Gasteiger partial charge >= 0.3 is 0 Å². The largest absolute Gasteiger partial charge is 0.507 e. The maximum absolute atomic E-state index is 11.9. The van der Waals surface area contributed by atoms with Crippen LogP contribution in [0.2, 0.25) is 0 Å². The molecule has 5 aromatic carbocycles. The van der Waals surface area contributed by atoms with Gasteiger partial charge in [-0.05, 0) is 165 Å². The van der Waals surface area contributed by atoms with Crippen molar-refractivity contribution in [2.24, 2.45) is 11.3 Å².